The van der Waals surface area contributed by atoms with Gasteiger partial charge in [-0.15, -0.1) is 0 Å². The lowest BCUT2D eigenvalue weighted by Crippen LogP contribution is -2.19. The van der Waals surface area contributed by atoms with Crippen LogP contribution in [0.25, 0.3) is 16.3 Å². The molecule has 0 aliphatic rings. The van der Waals surface area contributed by atoms with Gasteiger partial charge in [0, 0.05) is 6.08 Å². The smallest absolute Gasteiger partial charge is 0.416 e. The fourth-order valence-electron chi connectivity index (χ4n) is 2.47. The number of alkyl halides is 3. The molecule has 0 saturated heterocycles. The average Bonchev–Trinajstić information content (AvgIpc) is 2.93. The molecule has 3 aromatic rings. The maximum Gasteiger partial charge on any atom is 0.416 e. The number of hydrogen-bond donors (Lipinski definition) is 0. The molecule has 0 saturated carbocycles. The number of carbonyl (C=O) groups is 1. The quantitative estimate of drug-likeness (QED) is 0.632. The Hall–Kier alpha value is -2.87. The van der Waals surface area contributed by atoms with Gasteiger partial charge in [-0.05, 0) is 35.9 Å². The van der Waals surface area contributed by atoms with E-state index in [2.05, 4.69) is 0 Å². The van der Waals surface area contributed by atoms with E-state index in [1.54, 1.807) is 18.2 Å². The second kappa shape index (κ2) is 6.80. The van der Waals surface area contributed by atoms with Crippen LogP contribution in [0.2, 0.25) is 0 Å². The summed E-state index contributed by atoms with van der Waals surface area (Å²) in [5.74, 6) is -0.184. The fraction of sp³-hybridized carbons (Fsp3) is 0.111. The van der Waals surface area contributed by atoms with Crippen LogP contribution in [-0.2, 0) is 6.18 Å². The topological polar surface area (TPSA) is 48.3 Å². The van der Waals surface area contributed by atoms with Crippen molar-refractivity contribution >= 4 is 33.5 Å². The maximum absolute atomic E-state index is 13.0. The molecule has 4 nitrogen and oxygen atoms in total. The van der Waals surface area contributed by atoms with Crippen LogP contribution in [0.4, 0.5) is 13.2 Å². The maximum atomic E-state index is 13.0. The lowest BCUT2D eigenvalue weighted by Gasteiger charge is -2.09. The molecule has 0 amide bonds. The third kappa shape index (κ3) is 3.41. The first-order chi connectivity index (χ1) is 12.3. The van der Waals surface area contributed by atoms with Gasteiger partial charge in [0.25, 0.3) is 5.91 Å². The van der Waals surface area contributed by atoms with Crippen LogP contribution < -0.4 is 9.61 Å². The minimum absolute atomic E-state index is 0.150. The largest absolute Gasteiger partial charge is 0.497 e. The van der Waals surface area contributed by atoms with Crippen molar-refractivity contribution in [3.05, 3.63) is 69.3 Å². The predicted molar refractivity (Wildman–Crippen MR) is 93.7 cm³/mol. The lowest BCUT2D eigenvalue weighted by molar-refractivity contribution is -0.137. The van der Waals surface area contributed by atoms with Gasteiger partial charge >= 0.3 is 11.0 Å². The van der Waals surface area contributed by atoms with Gasteiger partial charge in [-0.25, -0.2) is 4.57 Å². The Balaban J connectivity index is 2.00. The summed E-state index contributed by atoms with van der Waals surface area (Å²) >= 11 is 0.858. The number of ether oxygens (including phenoxy) is 1. The highest BCUT2D eigenvalue weighted by Gasteiger charge is 2.32. The van der Waals surface area contributed by atoms with Gasteiger partial charge in [0.2, 0.25) is 0 Å². The zero-order chi connectivity index (χ0) is 18.9. The number of rotatable bonds is 3. The highest BCUT2D eigenvalue weighted by molar-refractivity contribution is 7.16. The summed E-state index contributed by atoms with van der Waals surface area (Å²) in [6, 6.07) is 9.68. The van der Waals surface area contributed by atoms with Gasteiger partial charge in [0.15, 0.2) is 0 Å². The number of aromatic nitrogens is 1. The zero-order valence-corrected chi connectivity index (χ0v) is 14.2. The predicted octanol–water partition coefficient (Wildman–Crippen LogP) is 4.44. The molecule has 0 radical (unpaired) electrons. The summed E-state index contributed by atoms with van der Waals surface area (Å²) in [4.78, 5) is 24.0. The molecule has 0 atom stereocenters. The van der Waals surface area contributed by atoms with Gasteiger partial charge in [-0.1, -0.05) is 29.5 Å². The van der Waals surface area contributed by atoms with E-state index in [-0.39, 0.29) is 5.56 Å². The molecular weight excluding hydrogens is 367 g/mol. The highest BCUT2D eigenvalue weighted by atomic mass is 32.1. The van der Waals surface area contributed by atoms with Crippen LogP contribution in [0.15, 0.2) is 53.3 Å². The first kappa shape index (κ1) is 17.9. The summed E-state index contributed by atoms with van der Waals surface area (Å²) < 4.78 is 45.6. The first-order valence-corrected chi connectivity index (χ1v) is 8.21. The lowest BCUT2D eigenvalue weighted by atomic mass is 10.1. The van der Waals surface area contributed by atoms with Crippen LogP contribution in [0.1, 0.15) is 15.9 Å². The number of fused-ring (bicyclic) bond motifs is 1. The number of benzene rings is 2. The zero-order valence-electron chi connectivity index (χ0n) is 13.4. The molecule has 0 N–H and O–H groups in total. The van der Waals surface area contributed by atoms with Crippen LogP contribution in [0.5, 0.6) is 5.75 Å². The molecule has 2 aromatic carbocycles. The monoisotopic (exact) mass is 379 g/mol. The molecule has 0 fully saturated rings. The Morgan fingerprint density at radius 3 is 2.62 bits per heavy atom. The van der Waals surface area contributed by atoms with Crippen molar-refractivity contribution in [1.29, 1.82) is 0 Å². The van der Waals surface area contributed by atoms with Crippen molar-refractivity contribution in [3.8, 4) is 5.75 Å². The van der Waals surface area contributed by atoms with Gasteiger partial charge in [-0.2, -0.15) is 13.2 Å². The molecule has 1 heterocycles. The second-order valence-corrected chi connectivity index (χ2v) is 6.29. The SMILES string of the molecule is COc1ccc2c(c1)sc(=O)n2C(=O)C=Cc1ccccc1C(F)(F)F. The number of hydrogen-bond acceptors (Lipinski definition) is 4. The second-order valence-electron chi connectivity index (χ2n) is 5.29. The summed E-state index contributed by atoms with van der Waals surface area (Å²) in [7, 11) is 1.48. The first-order valence-electron chi connectivity index (χ1n) is 7.39. The number of allylic oxidation sites excluding steroid dienone is 1. The van der Waals surface area contributed by atoms with E-state index >= 15 is 0 Å². The molecule has 8 heteroatoms. The average molecular weight is 379 g/mol. The van der Waals surface area contributed by atoms with E-state index in [4.69, 9.17) is 4.74 Å². The van der Waals surface area contributed by atoms with Crippen LogP contribution >= 0.6 is 11.3 Å². The number of halogens is 3. The van der Waals surface area contributed by atoms with E-state index < -0.39 is 22.5 Å². The molecule has 134 valence electrons. The van der Waals surface area contributed by atoms with E-state index in [0.29, 0.717) is 16.0 Å². The van der Waals surface area contributed by atoms with Crippen molar-refractivity contribution < 1.29 is 22.7 Å². The summed E-state index contributed by atoms with van der Waals surface area (Å²) in [5, 5.41) is 0. The molecule has 26 heavy (non-hydrogen) atoms. The van der Waals surface area contributed by atoms with Crippen molar-refractivity contribution in [2.45, 2.75) is 6.18 Å². The number of thiazole rings is 1. The van der Waals surface area contributed by atoms with E-state index in [0.717, 1.165) is 34.1 Å². The summed E-state index contributed by atoms with van der Waals surface area (Å²) in [6.07, 6.45) is -2.51. The molecule has 0 aliphatic heterocycles. The van der Waals surface area contributed by atoms with Crippen LogP contribution in [-0.4, -0.2) is 17.6 Å². The molecule has 0 bridgehead atoms. The fourth-order valence-corrected chi connectivity index (χ4v) is 3.38. The Bertz CT molecular complexity index is 1060. The molecule has 0 unspecified atom stereocenters. The van der Waals surface area contributed by atoms with Crippen molar-refractivity contribution in [2.75, 3.05) is 7.11 Å². The van der Waals surface area contributed by atoms with E-state index in [1.165, 1.54) is 25.3 Å². The highest BCUT2D eigenvalue weighted by Crippen LogP contribution is 2.32. The minimum atomic E-state index is -4.54. The number of carbonyl (C=O) groups excluding carboxylic acids is 1. The Morgan fingerprint density at radius 1 is 1.19 bits per heavy atom. The van der Waals surface area contributed by atoms with Crippen LogP contribution in [0, 0.1) is 0 Å². The van der Waals surface area contributed by atoms with E-state index in [1.807, 2.05) is 0 Å². The van der Waals surface area contributed by atoms with Gasteiger partial charge in [0.05, 0.1) is 22.9 Å². The Kier molecular flexibility index (Phi) is 4.69. The normalized spacial score (nSPS) is 12.0. The van der Waals surface area contributed by atoms with Gasteiger partial charge < -0.3 is 4.74 Å². The number of methoxy groups -OCH3 is 1. The van der Waals surface area contributed by atoms with Gasteiger partial charge in [-0.3, -0.25) is 9.59 Å². The Labute approximate surface area is 149 Å². The third-order valence-electron chi connectivity index (χ3n) is 3.68. The van der Waals surface area contributed by atoms with Gasteiger partial charge in [0.1, 0.15) is 5.75 Å². The Morgan fingerprint density at radius 2 is 1.92 bits per heavy atom. The molecule has 0 aliphatic carbocycles. The molecule has 3 rings (SSSR count). The van der Waals surface area contributed by atoms with Crippen molar-refractivity contribution in [3.63, 3.8) is 0 Å². The third-order valence-corrected chi connectivity index (χ3v) is 4.58. The number of nitrogens with zero attached hydrogens (tertiary/aromatic N) is 1. The van der Waals surface area contributed by atoms with Crippen molar-refractivity contribution in [2.24, 2.45) is 0 Å². The molecule has 1 aromatic heterocycles. The van der Waals surface area contributed by atoms with Crippen molar-refractivity contribution in [1.82, 2.24) is 4.57 Å². The summed E-state index contributed by atoms with van der Waals surface area (Å²) in [6.45, 7) is 0. The molecular formula is C18H12F3NO3S. The van der Waals surface area contributed by atoms with Crippen LogP contribution in [0.3, 0.4) is 0 Å². The minimum Gasteiger partial charge on any atom is -0.497 e. The standard InChI is InChI=1S/C18H12F3NO3S/c1-25-12-7-8-14-15(10-12)26-17(24)22(14)16(23)9-6-11-4-2-3-5-13(11)18(19,20)21/h2-10H,1H3. The van der Waals surface area contributed by atoms with E-state index in [9.17, 15) is 22.8 Å². The summed E-state index contributed by atoms with van der Waals surface area (Å²) in [5.41, 5.74) is -0.626. The molecule has 0 spiro atoms.